The van der Waals surface area contributed by atoms with E-state index in [1.54, 1.807) is 0 Å². The van der Waals surface area contributed by atoms with E-state index < -0.39 is 0 Å². The van der Waals surface area contributed by atoms with Crippen molar-refractivity contribution in [2.24, 2.45) is 0 Å². The monoisotopic (exact) mass is 407 g/mol. The Labute approximate surface area is 178 Å². The Balaban J connectivity index is 1.90. The normalized spacial score (nSPS) is 14.1. The molecule has 2 nitrogen and oxygen atoms in total. The third-order valence-electron chi connectivity index (χ3n) is 4.92. The first-order chi connectivity index (χ1) is 14.1. The van der Waals surface area contributed by atoms with Gasteiger partial charge in [0.25, 0.3) is 0 Å². The number of hydrogen-bond donors (Lipinski definition) is 0. The fourth-order valence-electron chi connectivity index (χ4n) is 2.90. The van der Waals surface area contributed by atoms with Crippen LogP contribution in [0.25, 0.3) is 0 Å². The Hall–Kier alpha value is -2.39. The summed E-state index contributed by atoms with van der Waals surface area (Å²) in [4.78, 5) is 3.87. The predicted molar refractivity (Wildman–Crippen MR) is 122 cm³/mol. The average Bonchev–Trinajstić information content (AvgIpc) is 2.77. The lowest BCUT2D eigenvalue weighted by Crippen LogP contribution is -2.10. The molecule has 0 saturated carbocycles. The summed E-state index contributed by atoms with van der Waals surface area (Å²) in [5, 5.41) is 0. The molecule has 3 aromatic rings. The summed E-state index contributed by atoms with van der Waals surface area (Å²) in [5.74, 6) is 1.86. The summed E-state index contributed by atoms with van der Waals surface area (Å²) in [5.41, 5.74) is 0. The minimum Gasteiger partial charge on any atom is -0.491 e. The lowest BCUT2D eigenvalue weighted by Gasteiger charge is -2.14. The number of ether oxygens (including phenoxy) is 2. The molecular weight excluding hydrogens is 376 g/mol. The van der Waals surface area contributed by atoms with Crippen molar-refractivity contribution < 1.29 is 9.47 Å². The van der Waals surface area contributed by atoms with Crippen LogP contribution in [-0.4, -0.2) is 12.2 Å². The van der Waals surface area contributed by atoms with Gasteiger partial charge in [0, 0.05) is 0 Å². The van der Waals surface area contributed by atoms with E-state index in [-0.39, 0.29) is 23.1 Å². The van der Waals surface area contributed by atoms with Crippen molar-refractivity contribution in [2.75, 3.05) is 0 Å². The summed E-state index contributed by atoms with van der Waals surface area (Å²) < 4.78 is 11.9. The number of hydrogen-bond acceptors (Lipinski definition) is 2. The minimum atomic E-state index is -0.171. The lowest BCUT2D eigenvalue weighted by molar-refractivity contribution is 0.217. The minimum absolute atomic E-state index is 0.171. The summed E-state index contributed by atoms with van der Waals surface area (Å²) >= 11 is 0. The zero-order valence-electron chi connectivity index (χ0n) is 17.8. The molecule has 0 heterocycles. The maximum absolute atomic E-state index is 5.96. The van der Waals surface area contributed by atoms with Gasteiger partial charge in [-0.25, -0.2) is 0 Å². The van der Waals surface area contributed by atoms with E-state index in [4.69, 9.17) is 9.47 Å². The summed E-state index contributed by atoms with van der Waals surface area (Å²) in [6.45, 7) is 8.48. The molecule has 3 aromatic carbocycles. The Morgan fingerprint density at radius 3 is 1.34 bits per heavy atom. The predicted octanol–water partition coefficient (Wildman–Crippen LogP) is 7.14. The quantitative estimate of drug-likeness (QED) is 0.351. The molecule has 29 heavy (non-hydrogen) atoms. The van der Waals surface area contributed by atoms with Crippen LogP contribution in [0.4, 0.5) is 0 Å². The molecule has 0 saturated heterocycles. The Morgan fingerprint density at radius 2 is 0.966 bits per heavy atom. The molecule has 0 aliphatic carbocycles. The van der Waals surface area contributed by atoms with Gasteiger partial charge in [-0.15, -0.1) is 0 Å². The van der Waals surface area contributed by atoms with Crippen LogP contribution < -0.4 is 9.47 Å². The highest BCUT2D eigenvalue weighted by Crippen LogP contribution is 2.33. The lowest BCUT2D eigenvalue weighted by atomic mass is 10.3. The van der Waals surface area contributed by atoms with E-state index in [2.05, 4.69) is 107 Å². The second-order valence-corrected chi connectivity index (χ2v) is 9.26. The van der Waals surface area contributed by atoms with Crippen molar-refractivity contribution >= 4 is 10.9 Å². The van der Waals surface area contributed by atoms with E-state index in [9.17, 15) is 0 Å². The Morgan fingerprint density at radius 1 is 0.586 bits per heavy atom. The highest BCUT2D eigenvalue weighted by atomic mass is 32.2. The summed E-state index contributed by atoms with van der Waals surface area (Å²) in [6.07, 6.45) is 2.46. The van der Waals surface area contributed by atoms with Gasteiger partial charge in [-0.2, -0.15) is 0 Å². The van der Waals surface area contributed by atoms with Gasteiger partial charge in [0.15, 0.2) is 14.7 Å². The van der Waals surface area contributed by atoms with Crippen molar-refractivity contribution in [2.45, 2.75) is 67.4 Å². The average molecular weight is 408 g/mol. The van der Waals surface area contributed by atoms with E-state index >= 15 is 0 Å². The van der Waals surface area contributed by atoms with Crippen molar-refractivity contribution in [1.29, 1.82) is 0 Å². The van der Waals surface area contributed by atoms with Gasteiger partial charge in [-0.05, 0) is 87.4 Å². The van der Waals surface area contributed by atoms with Gasteiger partial charge in [0.05, 0.1) is 23.1 Å². The molecule has 0 radical (unpaired) electrons. The molecule has 0 aliphatic rings. The Kier molecular flexibility index (Phi) is 7.65. The molecule has 2 atom stereocenters. The third-order valence-corrected chi connectivity index (χ3v) is 7.15. The van der Waals surface area contributed by atoms with Crippen molar-refractivity contribution in [3.8, 4) is 11.5 Å². The van der Waals surface area contributed by atoms with Crippen LogP contribution in [0.5, 0.6) is 11.5 Å². The topological polar surface area (TPSA) is 18.5 Å². The fraction of sp³-hybridized carbons (Fsp3) is 0.308. The van der Waals surface area contributed by atoms with Crippen LogP contribution in [-0.2, 0) is 10.9 Å². The zero-order valence-corrected chi connectivity index (χ0v) is 18.6. The highest BCUT2D eigenvalue weighted by Gasteiger charge is 2.28. The van der Waals surface area contributed by atoms with Gasteiger partial charge in [-0.1, -0.05) is 32.0 Å². The molecule has 0 N–H and O–H groups in total. The summed E-state index contributed by atoms with van der Waals surface area (Å²) in [7, 11) is -0.171. The van der Waals surface area contributed by atoms with E-state index in [0.717, 1.165) is 24.3 Å². The van der Waals surface area contributed by atoms with Crippen LogP contribution in [0.1, 0.15) is 40.5 Å². The van der Waals surface area contributed by atoms with Crippen LogP contribution in [0, 0.1) is 0 Å². The molecule has 3 heteroatoms. The van der Waals surface area contributed by atoms with Crippen molar-refractivity contribution in [3.63, 3.8) is 0 Å². The SMILES string of the molecule is CCC(C)Oc1ccc([S+](c2ccccc2)c2ccc(OC(C)CC)cc2)cc1. The molecule has 0 aliphatic heterocycles. The maximum Gasteiger partial charge on any atom is 0.166 e. The van der Waals surface area contributed by atoms with Crippen molar-refractivity contribution in [3.05, 3.63) is 78.9 Å². The zero-order chi connectivity index (χ0) is 20.6. The van der Waals surface area contributed by atoms with Gasteiger partial charge < -0.3 is 9.47 Å². The second-order valence-electron chi connectivity index (χ2n) is 7.24. The first-order valence-electron chi connectivity index (χ1n) is 10.4. The first kappa shape index (κ1) is 21.3. The molecule has 152 valence electrons. The molecule has 0 fully saturated rings. The van der Waals surface area contributed by atoms with Crippen molar-refractivity contribution in [1.82, 2.24) is 0 Å². The van der Waals surface area contributed by atoms with Gasteiger partial charge in [0.2, 0.25) is 0 Å². The van der Waals surface area contributed by atoms with Crippen LogP contribution in [0.15, 0.2) is 93.5 Å². The maximum atomic E-state index is 5.96. The van der Waals surface area contributed by atoms with E-state index in [0.29, 0.717) is 0 Å². The summed E-state index contributed by atoms with van der Waals surface area (Å²) in [6, 6.07) is 27.8. The van der Waals surface area contributed by atoms with Gasteiger partial charge in [-0.3, -0.25) is 0 Å². The second kappa shape index (κ2) is 10.4. The number of rotatable bonds is 9. The molecule has 2 unspecified atom stereocenters. The smallest absolute Gasteiger partial charge is 0.166 e. The molecular formula is C26H31O2S+. The van der Waals surface area contributed by atoms with Crippen LogP contribution in [0.3, 0.4) is 0 Å². The van der Waals surface area contributed by atoms with Crippen LogP contribution >= 0.6 is 0 Å². The first-order valence-corrected chi connectivity index (χ1v) is 11.7. The number of benzene rings is 3. The fourth-order valence-corrected chi connectivity index (χ4v) is 4.97. The third kappa shape index (κ3) is 5.80. The van der Waals surface area contributed by atoms with Gasteiger partial charge in [0.1, 0.15) is 11.5 Å². The standard InChI is InChI=1S/C26H31O2S/c1-5-20(3)27-22-12-16-25(17-13-22)29(24-10-8-7-9-11-24)26-18-14-23(15-19-26)28-21(4)6-2/h7-21H,5-6H2,1-4H3/q+1. The molecule has 0 amide bonds. The Bertz CT molecular complexity index is 804. The molecule has 3 rings (SSSR count). The molecule has 0 bridgehead atoms. The van der Waals surface area contributed by atoms with E-state index in [1.165, 1.54) is 14.7 Å². The molecule has 0 aromatic heterocycles. The van der Waals surface area contributed by atoms with Gasteiger partial charge >= 0.3 is 0 Å². The largest absolute Gasteiger partial charge is 0.491 e. The highest BCUT2D eigenvalue weighted by molar-refractivity contribution is 7.97. The molecule has 0 spiro atoms. The van der Waals surface area contributed by atoms with Crippen LogP contribution in [0.2, 0.25) is 0 Å². The van der Waals surface area contributed by atoms with E-state index in [1.807, 2.05) is 0 Å².